The van der Waals surface area contributed by atoms with Gasteiger partial charge in [-0.05, 0) is 30.7 Å². The number of esters is 1. The molecule has 1 aromatic carbocycles. The highest BCUT2D eigenvalue weighted by atomic mass is 16.5. The summed E-state index contributed by atoms with van der Waals surface area (Å²) in [6.07, 6.45) is -1.74. The summed E-state index contributed by atoms with van der Waals surface area (Å²) >= 11 is 0. The van der Waals surface area contributed by atoms with Crippen LogP contribution in [0.4, 0.5) is 0 Å². The predicted molar refractivity (Wildman–Crippen MR) is 82.7 cm³/mol. The molecule has 2 atom stereocenters. The van der Waals surface area contributed by atoms with Gasteiger partial charge in [-0.15, -0.1) is 0 Å². The predicted octanol–water partition coefficient (Wildman–Crippen LogP) is 0.244. The minimum Gasteiger partial charge on any atom is -0.508 e. The Hall–Kier alpha value is -2.42. The van der Waals surface area contributed by atoms with E-state index in [0.717, 1.165) is 6.08 Å². The lowest BCUT2D eigenvalue weighted by Crippen LogP contribution is -2.44. The van der Waals surface area contributed by atoms with Crippen LogP contribution in [0.25, 0.3) is 6.08 Å². The van der Waals surface area contributed by atoms with Gasteiger partial charge < -0.3 is 30.3 Å². The molecule has 1 rings (SSSR count). The quantitative estimate of drug-likeness (QED) is 0.257. The molecule has 0 spiro atoms. The number of phenols is 1. The normalized spacial score (nSPS) is 15.2. The van der Waals surface area contributed by atoms with E-state index < -0.39 is 42.8 Å². The first-order chi connectivity index (χ1) is 11.1. The fourth-order valence-corrected chi connectivity index (χ4v) is 2.06. The van der Waals surface area contributed by atoms with Crippen molar-refractivity contribution in [1.82, 2.24) is 0 Å². The van der Waals surface area contributed by atoms with Gasteiger partial charge in [0.2, 0.25) is 0 Å². The number of benzene rings is 1. The van der Waals surface area contributed by atoms with Crippen molar-refractivity contribution in [3.8, 4) is 5.75 Å². The van der Waals surface area contributed by atoms with E-state index in [1.807, 2.05) is 0 Å². The number of rotatable bonds is 8. The topological polar surface area (TPSA) is 145 Å². The summed E-state index contributed by atoms with van der Waals surface area (Å²) in [5, 5.41) is 45.8. The number of aliphatic hydroxyl groups is 3. The van der Waals surface area contributed by atoms with Gasteiger partial charge in [0, 0.05) is 18.9 Å². The Bertz CT molecular complexity index is 593. The molecule has 8 heteroatoms. The van der Waals surface area contributed by atoms with E-state index in [2.05, 4.69) is 0 Å². The number of carbonyl (C=O) groups is 2. The minimum atomic E-state index is -2.42. The van der Waals surface area contributed by atoms with Crippen molar-refractivity contribution in [2.45, 2.75) is 37.8 Å². The summed E-state index contributed by atoms with van der Waals surface area (Å²) in [7, 11) is 0. The van der Waals surface area contributed by atoms with Crippen LogP contribution in [-0.2, 0) is 14.3 Å². The smallest absolute Gasteiger partial charge is 0.336 e. The number of carboxylic acids is 1. The van der Waals surface area contributed by atoms with Crippen molar-refractivity contribution in [1.29, 1.82) is 0 Å². The number of carbonyl (C=O) groups excluding carboxylic acids is 1. The van der Waals surface area contributed by atoms with Crippen molar-refractivity contribution in [2.24, 2.45) is 0 Å². The summed E-state index contributed by atoms with van der Waals surface area (Å²) in [4.78, 5) is 22.8. The number of carboxylic acid groups (broad SMARTS) is 1. The van der Waals surface area contributed by atoms with Crippen molar-refractivity contribution in [3.05, 3.63) is 35.9 Å². The number of aromatic hydroxyl groups is 1. The molecule has 0 aromatic heterocycles. The van der Waals surface area contributed by atoms with Gasteiger partial charge in [0.25, 0.3) is 0 Å². The SMILES string of the molecule is C[C@H](C[C@](O)(CC(O)O)C(=O)O)OC(=O)/C=C/c1ccc(O)cc1. The van der Waals surface area contributed by atoms with Crippen LogP contribution < -0.4 is 0 Å². The Morgan fingerprint density at radius 1 is 1.21 bits per heavy atom. The Morgan fingerprint density at radius 3 is 2.29 bits per heavy atom. The maximum absolute atomic E-state index is 11.7. The third-order valence-corrected chi connectivity index (χ3v) is 3.17. The number of aliphatic carboxylic acids is 1. The molecule has 0 saturated carbocycles. The van der Waals surface area contributed by atoms with Gasteiger partial charge in [0.05, 0.1) is 0 Å². The number of ether oxygens (including phenoxy) is 1. The molecule has 0 unspecified atom stereocenters. The maximum atomic E-state index is 11.7. The lowest BCUT2D eigenvalue weighted by Gasteiger charge is -2.26. The summed E-state index contributed by atoms with van der Waals surface area (Å²) in [6.45, 7) is 1.38. The molecule has 0 heterocycles. The molecule has 0 aliphatic carbocycles. The molecular formula is C16H20O8. The third-order valence-electron chi connectivity index (χ3n) is 3.17. The van der Waals surface area contributed by atoms with Gasteiger partial charge in [0.1, 0.15) is 11.9 Å². The van der Waals surface area contributed by atoms with Crippen LogP contribution in [0.15, 0.2) is 30.3 Å². The molecule has 0 aliphatic heterocycles. The summed E-state index contributed by atoms with van der Waals surface area (Å²) in [5.41, 5.74) is -1.78. The van der Waals surface area contributed by atoms with E-state index in [-0.39, 0.29) is 5.75 Å². The van der Waals surface area contributed by atoms with E-state index in [9.17, 15) is 14.7 Å². The van der Waals surface area contributed by atoms with Gasteiger partial charge in [0.15, 0.2) is 11.9 Å². The molecule has 0 amide bonds. The zero-order chi connectivity index (χ0) is 18.3. The van der Waals surface area contributed by atoms with E-state index in [0.29, 0.717) is 5.56 Å². The first-order valence-corrected chi connectivity index (χ1v) is 7.12. The highest BCUT2D eigenvalue weighted by Gasteiger charge is 2.40. The van der Waals surface area contributed by atoms with E-state index in [1.165, 1.54) is 25.1 Å². The van der Waals surface area contributed by atoms with Crippen molar-refractivity contribution >= 4 is 18.0 Å². The number of phenolic OH excluding ortho intramolecular Hbond substituents is 1. The van der Waals surface area contributed by atoms with Crippen LogP contribution in [0, 0.1) is 0 Å². The Kier molecular flexibility index (Phi) is 6.90. The monoisotopic (exact) mass is 340 g/mol. The largest absolute Gasteiger partial charge is 0.508 e. The molecule has 0 bridgehead atoms. The molecule has 0 radical (unpaired) electrons. The second kappa shape index (κ2) is 8.44. The van der Waals surface area contributed by atoms with E-state index in [4.69, 9.17) is 25.2 Å². The van der Waals surface area contributed by atoms with Crippen LogP contribution in [0.2, 0.25) is 0 Å². The highest BCUT2D eigenvalue weighted by Crippen LogP contribution is 2.21. The van der Waals surface area contributed by atoms with Crippen LogP contribution in [0.1, 0.15) is 25.3 Å². The first-order valence-electron chi connectivity index (χ1n) is 7.12. The van der Waals surface area contributed by atoms with Gasteiger partial charge >= 0.3 is 11.9 Å². The molecule has 24 heavy (non-hydrogen) atoms. The average molecular weight is 340 g/mol. The Balaban J connectivity index is 2.62. The minimum absolute atomic E-state index is 0.0855. The third kappa shape index (κ3) is 6.37. The molecule has 8 nitrogen and oxygen atoms in total. The van der Waals surface area contributed by atoms with Crippen LogP contribution in [0.3, 0.4) is 0 Å². The van der Waals surface area contributed by atoms with E-state index >= 15 is 0 Å². The zero-order valence-electron chi connectivity index (χ0n) is 13.0. The standard InChI is InChI=1S/C16H20O8/c1-10(8-16(23,15(21)22)9-13(18)19)24-14(20)7-4-11-2-5-12(17)6-3-11/h2-7,10,13,17-19,23H,8-9H2,1H3,(H,21,22)/b7-4+/t10-,16+/m1/s1. The molecule has 0 aliphatic rings. The van der Waals surface area contributed by atoms with Crippen molar-refractivity contribution < 1.29 is 39.9 Å². The highest BCUT2D eigenvalue weighted by molar-refractivity contribution is 5.87. The van der Waals surface area contributed by atoms with Gasteiger partial charge in [-0.1, -0.05) is 12.1 Å². The zero-order valence-corrected chi connectivity index (χ0v) is 13.0. The maximum Gasteiger partial charge on any atom is 0.336 e. The Morgan fingerprint density at radius 2 is 1.79 bits per heavy atom. The molecular weight excluding hydrogens is 320 g/mol. The van der Waals surface area contributed by atoms with Crippen molar-refractivity contribution in [2.75, 3.05) is 0 Å². The summed E-state index contributed by atoms with van der Waals surface area (Å²) in [6, 6.07) is 6.05. The molecule has 1 aromatic rings. The second-order valence-electron chi connectivity index (χ2n) is 5.40. The van der Waals surface area contributed by atoms with E-state index in [1.54, 1.807) is 12.1 Å². The van der Waals surface area contributed by atoms with Crippen LogP contribution in [-0.4, -0.2) is 55.5 Å². The second-order valence-corrected chi connectivity index (χ2v) is 5.40. The van der Waals surface area contributed by atoms with Crippen molar-refractivity contribution in [3.63, 3.8) is 0 Å². The lowest BCUT2D eigenvalue weighted by atomic mass is 9.92. The van der Waals surface area contributed by atoms with Gasteiger partial charge in [-0.25, -0.2) is 9.59 Å². The fraction of sp³-hybridized carbons (Fsp3) is 0.375. The lowest BCUT2D eigenvalue weighted by molar-refractivity contribution is -0.176. The first kappa shape index (κ1) is 19.6. The fourth-order valence-electron chi connectivity index (χ4n) is 2.06. The number of aliphatic hydroxyl groups excluding tert-OH is 1. The van der Waals surface area contributed by atoms with Crippen LogP contribution in [0.5, 0.6) is 5.75 Å². The molecule has 5 N–H and O–H groups in total. The summed E-state index contributed by atoms with van der Waals surface area (Å²) < 4.78 is 4.96. The number of hydrogen-bond acceptors (Lipinski definition) is 7. The molecule has 0 fully saturated rings. The molecule has 0 saturated heterocycles. The average Bonchev–Trinajstić information content (AvgIpc) is 2.45. The summed E-state index contributed by atoms with van der Waals surface area (Å²) in [5.74, 6) is -2.31. The number of hydrogen-bond donors (Lipinski definition) is 5. The molecule has 132 valence electrons. The van der Waals surface area contributed by atoms with Crippen LogP contribution >= 0.6 is 0 Å². The van der Waals surface area contributed by atoms with Gasteiger partial charge in [-0.3, -0.25) is 0 Å². The Labute approximate surface area is 138 Å². The van der Waals surface area contributed by atoms with Gasteiger partial charge in [-0.2, -0.15) is 0 Å².